The van der Waals surface area contributed by atoms with E-state index in [-0.39, 0.29) is 16.5 Å². The van der Waals surface area contributed by atoms with Crippen molar-refractivity contribution in [2.24, 2.45) is 0 Å². The Morgan fingerprint density at radius 3 is 2.96 bits per heavy atom. The summed E-state index contributed by atoms with van der Waals surface area (Å²) in [5.41, 5.74) is 2.03. The number of benzene rings is 1. The number of ketones is 1. The number of allylic oxidation sites excluding steroid dienone is 1. The first kappa shape index (κ1) is 17.2. The van der Waals surface area contributed by atoms with Crippen LogP contribution in [-0.4, -0.2) is 25.1 Å². The van der Waals surface area contributed by atoms with Gasteiger partial charge >= 0.3 is 0 Å². The number of hydrogen-bond donors (Lipinski definition) is 1. The fourth-order valence-electron chi connectivity index (χ4n) is 2.70. The van der Waals surface area contributed by atoms with Gasteiger partial charge in [0.05, 0.1) is 22.0 Å². The van der Waals surface area contributed by atoms with Crippen LogP contribution in [0.1, 0.15) is 16.2 Å². The van der Waals surface area contributed by atoms with Crippen LogP contribution in [0.15, 0.2) is 54.2 Å². The summed E-state index contributed by atoms with van der Waals surface area (Å²) < 4.78 is 1.83. The second kappa shape index (κ2) is 6.82. The van der Waals surface area contributed by atoms with Crippen LogP contribution in [0.4, 0.5) is 5.69 Å². The summed E-state index contributed by atoms with van der Waals surface area (Å²) >= 11 is 7.34. The Bertz CT molecular complexity index is 1190. The van der Waals surface area contributed by atoms with Gasteiger partial charge in [0.15, 0.2) is 4.96 Å². The highest BCUT2D eigenvalue weighted by Gasteiger charge is 2.18. The van der Waals surface area contributed by atoms with Crippen molar-refractivity contribution >= 4 is 45.4 Å². The molecule has 134 valence electrons. The van der Waals surface area contributed by atoms with Crippen LogP contribution in [0, 0.1) is 10.1 Å². The molecule has 0 spiro atoms. The van der Waals surface area contributed by atoms with Gasteiger partial charge in [-0.05, 0) is 30.4 Å². The topological polar surface area (TPSA) is 93.3 Å². The number of nitrogens with zero attached hydrogens (tertiary/aromatic N) is 3. The average molecular weight is 399 g/mol. The Morgan fingerprint density at radius 1 is 1.37 bits per heavy atom. The molecule has 9 heteroatoms. The Hall–Kier alpha value is -3.23. The molecule has 4 rings (SSSR count). The molecule has 0 radical (unpaired) electrons. The number of halogens is 1. The summed E-state index contributed by atoms with van der Waals surface area (Å²) in [5, 5.41) is 13.1. The molecule has 3 heterocycles. The average Bonchev–Trinajstić information content (AvgIpc) is 3.37. The second-order valence-corrected chi connectivity index (χ2v) is 6.89. The number of thiazole rings is 1. The number of fused-ring (bicyclic) bond motifs is 1. The molecule has 1 aromatic carbocycles. The fraction of sp³-hybridized carbons (Fsp3) is 0. The molecule has 4 aromatic rings. The molecular weight excluding hydrogens is 388 g/mol. The van der Waals surface area contributed by atoms with Gasteiger partial charge in [0.2, 0.25) is 5.78 Å². The van der Waals surface area contributed by atoms with Gasteiger partial charge in [-0.3, -0.25) is 19.3 Å². The van der Waals surface area contributed by atoms with Crippen molar-refractivity contribution in [3.63, 3.8) is 0 Å². The van der Waals surface area contributed by atoms with E-state index >= 15 is 0 Å². The van der Waals surface area contributed by atoms with Crippen molar-refractivity contribution in [2.45, 2.75) is 0 Å². The highest BCUT2D eigenvalue weighted by Crippen LogP contribution is 2.33. The van der Waals surface area contributed by atoms with Crippen LogP contribution in [0.2, 0.25) is 5.02 Å². The monoisotopic (exact) mass is 398 g/mol. The van der Waals surface area contributed by atoms with Gasteiger partial charge < -0.3 is 4.98 Å². The maximum atomic E-state index is 12.3. The first-order valence-electron chi connectivity index (χ1n) is 7.80. The quantitative estimate of drug-likeness (QED) is 0.225. The van der Waals surface area contributed by atoms with Crippen LogP contribution in [0.5, 0.6) is 0 Å². The number of carbonyl (C=O) groups excluding carboxylic acids is 1. The third-order valence-electron chi connectivity index (χ3n) is 3.97. The number of imidazole rings is 1. The van der Waals surface area contributed by atoms with Crippen LogP contribution >= 0.6 is 22.9 Å². The summed E-state index contributed by atoms with van der Waals surface area (Å²) in [6.45, 7) is 0. The van der Waals surface area contributed by atoms with Crippen LogP contribution < -0.4 is 0 Å². The minimum absolute atomic E-state index is 0.0591. The number of aromatic amines is 1. The molecule has 27 heavy (non-hydrogen) atoms. The largest absolute Gasteiger partial charge is 0.359 e. The normalized spacial score (nSPS) is 11.4. The van der Waals surface area contributed by atoms with Crippen LogP contribution in [0.3, 0.4) is 0 Å². The molecular formula is C18H11ClN4O3S. The molecule has 0 amide bonds. The van der Waals surface area contributed by atoms with Crippen molar-refractivity contribution < 1.29 is 9.72 Å². The zero-order valence-corrected chi connectivity index (χ0v) is 15.2. The number of nitro benzene ring substituents is 1. The van der Waals surface area contributed by atoms with Crippen molar-refractivity contribution in [2.75, 3.05) is 0 Å². The predicted molar refractivity (Wildman–Crippen MR) is 104 cm³/mol. The van der Waals surface area contributed by atoms with E-state index in [0.29, 0.717) is 22.6 Å². The molecule has 1 N–H and O–H groups in total. The first-order chi connectivity index (χ1) is 13.0. The minimum Gasteiger partial charge on any atom is -0.359 e. The van der Waals surface area contributed by atoms with Gasteiger partial charge in [-0.2, -0.15) is 0 Å². The minimum atomic E-state index is -0.533. The molecule has 0 atom stereocenters. The molecule has 0 fully saturated rings. The van der Waals surface area contributed by atoms with E-state index in [1.165, 1.54) is 29.5 Å². The lowest BCUT2D eigenvalue weighted by molar-refractivity contribution is -0.384. The molecule has 0 aliphatic carbocycles. The van der Waals surface area contributed by atoms with Crippen molar-refractivity contribution in [1.29, 1.82) is 0 Å². The standard InChI is InChI=1S/C18H11ClN4O3S/c19-12-4-3-11(10-15(12)23(25)26)17-14(22-8-9-27-18(22)21-17)5-6-16(24)13-2-1-7-20-13/h1-10,20H/b6-5+. The molecule has 7 nitrogen and oxygen atoms in total. The molecule has 0 bridgehead atoms. The van der Waals surface area contributed by atoms with E-state index in [2.05, 4.69) is 9.97 Å². The number of carbonyl (C=O) groups is 1. The van der Waals surface area contributed by atoms with Crippen molar-refractivity contribution in [3.8, 4) is 11.3 Å². The summed E-state index contributed by atoms with van der Waals surface area (Å²) in [6.07, 6.45) is 6.61. The van der Waals surface area contributed by atoms with Gasteiger partial charge in [-0.1, -0.05) is 17.7 Å². The van der Waals surface area contributed by atoms with E-state index in [4.69, 9.17) is 11.6 Å². The lowest BCUT2D eigenvalue weighted by Gasteiger charge is -2.02. The lowest BCUT2D eigenvalue weighted by atomic mass is 10.1. The molecule has 0 aliphatic heterocycles. The van der Waals surface area contributed by atoms with E-state index in [9.17, 15) is 14.9 Å². The molecule has 0 saturated carbocycles. The number of aromatic nitrogens is 3. The summed E-state index contributed by atoms with van der Waals surface area (Å²) in [6, 6.07) is 7.97. The van der Waals surface area contributed by atoms with Gasteiger partial charge in [0.25, 0.3) is 5.69 Å². The van der Waals surface area contributed by atoms with E-state index in [0.717, 1.165) is 4.96 Å². The van der Waals surface area contributed by atoms with Crippen LogP contribution in [-0.2, 0) is 0 Å². The molecule has 0 saturated heterocycles. The zero-order chi connectivity index (χ0) is 19.0. The van der Waals surface area contributed by atoms with Gasteiger partial charge in [-0.25, -0.2) is 4.98 Å². The lowest BCUT2D eigenvalue weighted by Crippen LogP contribution is -1.95. The third kappa shape index (κ3) is 3.16. The number of hydrogen-bond acceptors (Lipinski definition) is 5. The summed E-state index contributed by atoms with van der Waals surface area (Å²) in [7, 11) is 0. The third-order valence-corrected chi connectivity index (χ3v) is 5.05. The molecule has 0 unspecified atom stereocenters. The Kier molecular flexibility index (Phi) is 4.35. The van der Waals surface area contributed by atoms with Gasteiger partial charge in [-0.15, -0.1) is 11.3 Å². The maximum Gasteiger partial charge on any atom is 0.288 e. The number of H-pyrrole nitrogens is 1. The number of nitro groups is 1. The Morgan fingerprint density at radius 2 is 2.22 bits per heavy atom. The van der Waals surface area contributed by atoms with E-state index in [1.807, 2.05) is 16.0 Å². The van der Waals surface area contributed by atoms with Gasteiger partial charge in [0, 0.05) is 29.4 Å². The highest BCUT2D eigenvalue weighted by atomic mass is 35.5. The van der Waals surface area contributed by atoms with Gasteiger partial charge in [0.1, 0.15) is 5.02 Å². The first-order valence-corrected chi connectivity index (χ1v) is 9.06. The second-order valence-electron chi connectivity index (χ2n) is 5.61. The van der Waals surface area contributed by atoms with E-state index in [1.54, 1.807) is 30.5 Å². The van der Waals surface area contributed by atoms with Crippen molar-refractivity contribution in [1.82, 2.24) is 14.4 Å². The summed E-state index contributed by atoms with van der Waals surface area (Å²) in [4.78, 5) is 31.1. The predicted octanol–water partition coefficient (Wildman–Crippen LogP) is 4.85. The highest BCUT2D eigenvalue weighted by molar-refractivity contribution is 7.15. The number of rotatable bonds is 5. The Labute approximate surface area is 161 Å². The van der Waals surface area contributed by atoms with Crippen molar-refractivity contribution in [3.05, 3.63) is 80.7 Å². The molecule has 3 aromatic heterocycles. The summed E-state index contributed by atoms with van der Waals surface area (Å²) in [5.74, 6) is -0.182. The van der Waals surface area contributed by atoms with Crippen LogP contribution in [0.25, 0.3) is 22.3 Å². The van der Waals surface area contributed by atoms with E-state index < -0.39 is 4.92 Å². The smallest absolute Gasteiger partial charge is 0.288 e. The molecule has 0 aliphatic rings. The zero-order valence-electron chi connectivity index (χ0n) is 13.6. The SMILES string of the molecule is O=C(/C=C/c1c(-c2ccc(Cl)c([N+](=O)[O-])c2)nc2sccn12)c1ccc[nH]1. The Balaban J connectivity index is 1.82. The fourth-order valence-corrected chi connectivity index (χ4v) is 3.61. The maximum absolute atomic E-state index is 12.3. The number of nitrogens with one attached hydrogen (secondary N) is 1.